The van der Waals surface area contributed by atoms with E-state index in [4.69, 9.17) is 4.74 Å². The number of allylic oxidation sites excluding steroid dienone is 2. The van der Waals surface area contributed by atoms with Gasteiger partial charge in [-0.05, 0) is 37.1 Å². The number of methoxy groups -OCH3 is 1. The van der Waals surface area contributed by atoms with Crippen molar-refractivity contribution in [2.24, 2.45) is 11.8 Å². The van der Waals surface area contributed by atoms with Gasteiger partial charge in [0.15, 0.2) is 0 Å². The standard InChI is InChI=1S/C16H19NO4/c1-17(11-7-9-12(21-2)10-8-11)15(18)13-5-3-4-6-14(13)16(19)20/h3-4,7-10,13-14H,5-6H2,1-2H3,(H,19,20)/t13-,14+/m1/s1. The first kappa shape index (κ1) is 15.1. The van der Waals surface area contributed by atoms with Crippen LogP contribution >= 0.6 is 0 Å². The quantitative estimate of drug-likeness (QED) is 0.864. The summed E-state index contributed by atoms with van der Waals surface area (Å²) >= 11 is 0. The molecule has 1 N–H and O–H groups in total. The van der Waals surface area contributed by atoms with Crippen molar-refractivity contribution in [3.63, 3.8) is 0 Å². The molecule has 0 aromatic heterocycles. The molecular weight excluding hydrogens is 270 g/mol. The Morgan fingerprint density at radius 1 is 1.14 bits per heavy atom. The summed E-state index contributed by atoms with van der Waals surface area (Å²) in [6.07, 6.45) is 4.58. The lowest BCUT2D eigenvalue weighted by Gasteiger charge is -2.28. The molecule has 2 atom stereocenters. The second kappa shape index (κ2) is 6.43. The third-order valence-electron chi connectivity index (χ3n) is 3.86. The maximum Gasteiger partial charge on any atom is 0.307 e. The lowest BCUT2D eigenvalue weighted by Crippen LogP contribution is -2.40. The monoisotopic (exact) mass is 289 g/mol. The molecule has 21 heavy (non-hydrogen) atoms. The fourth-order valence-corrected chi connectivity index (χ4v) is 2.54. The lowest BCUT2D eigenvalue weighted by atomic mass is 9.82. The topological polar surface area (TPSA) is 66.8 Å². The zero-order valence-electron chi connectivity index (χ0n) is 12.2. The molecule has 0 radical (unpaired) electrons. The average molecular weight is 289 g/mol. The summed E-state index contributed by atoms with van der Waals surface area (Å²) in [4.78, 5) is 25.4. The molecular formula is C16H19NO4. The zero-order chi connectivity index (χ0) is 15.4. The van der Waals surface area contributed by atoms with Crippen LogP contribution in [0.25, 0.3) is 0 Å². The van der Waals surface area contributed by atoms with Crippen LogP contribution in [0.4, 0.5) is 5.69 Å². The number of carboxylic acid groups (broad SMARTS) is 1. The van der Waals surface area contributed by atoms with E-state index in [-0.39, 0.29) is 5.91 Å². The summed E-state index contributed by atoms with van der Waals surface area (Å²) < 4.78 is 5.08. The molecule has 1 aromatic rings. The predicted octanol–water partition coefficient (Wildman–Crippen LogP) is 2.33. The van der Waals surface area contributed by atoms with Crippen LogP contribution in [0, 0.1) is 11.8 Å². The number of carboxylic acids is 1. The van der Waals surface area contributed by atoms with Crippen LogP contribution in [0.3, 0.4) is 0 Å². The van der Waals surface area contributed by atoms with E-state index in [2.05, 4.69) is 0 Å². The predicted molar refractivity (Wildman–Crippen MR) is 79.4 cm³/mol. The summed E-state index contributed by atoms with van der Waals surface area (Å²) in [6, 6.07) is 7.11. The van der Waals surface area contributed by atoms with Crippen molar-refractivity contribution in [1.82, 2.24) is 0 Å². The molecule has 0 aliphatic heterocycles. The highest BCUT2D eigenvalue weighted by Gasteiger charge is 2.35. The Morgan fingerprint density at radius 3 is 2.24 bits per heavy atom. The summed E-state index contributed by atoms with van der Waals surface area (Å²) in [7, 11) is 3.25. The number of amides is 1. The van der Waals surface area contributed by atoms with Crippen molar-refractivity contribution in [1.29, 1.82) is 0 Å². The van der Waals surface area contributed by atoms with Gasteiger partial charge in [0, 0.05) is 12.7 Å². The van der Waals surface area contributed by atoms with Crippen molar-refractivity contribution in [3.05, 3.63) is 36.4 Å². The van der Waals surface area contributed by atoms with Crippen LogP contribution in [0.1, 0.15) is 12.8 Å². The van der Waals surface area contributed by atoms with E-state index in [0.717, 1.165) is 5.69 Å². The molecule has 0 fully saturated rings. The van der Waals surface area contributed by atoms with Gasteiger partial charge in [-0.1, -0.05) is 12.2 Å². The molecule has 0 saturated carbocycles. The first-order valence-electron chi connectivity index (χ1n) is 6.84. The van der Waals surface area contributed by atoms with Gasteiger partial charge in [-0.3, -0.25) is 9.59 Å². The minimum Gasteiger partial charge on any atom is -0.497 e. The first-order chi connectivity index (χ1) is 10.0. The van der Waals surface area contributed by atoms with Gasteiger partial charge >= 0.3 is 5.97 Å². The van der Waals surface area contributed by atoms with Gasteiger partial charge in [-0.15, -0.1) is 0 Å². The average Bonchev–Trinajstić information content (AvgIpc) is 2.53. The van der Waals surface area contributed by atoms with Crippen molar-refractivity contribution >= 4 is 17.6 Å². The maximum atomic E-state index is 12.6. The second-order valence-electron chi connectivity index (χ2n) is 5.09. The molecule has 0 saturated heterocycles. The van der Waals surface area contributed by atoms with E-state index in [0.29, 0.717) is 18.6 Å². The van der Waals surface area contributed by atoms with Crippen molar-refractivity contribution in [3.8, 4) is 5.75 Å². The third-order valence-corrected chi connectivity index (χ3v) is 3.86. The van der Waals surface area contributed by atoms with E-state index in [1.54, 1.807) is 38.4 Å². The molecule has 0 unspecified atom stereocenters. The normalized spacial score (nSPS) is 20.9. The number of rotatable bonds is 4. The zero-order valence-corrected chi connectivity index (χ0v) is 12.2. The molecule has 1 aliphatic rings. The highest BCUT2D eigenvalue weighted by atomic mass is 16.5. The molecule has 5 nitrogen and oxygen atoms in total. The summed E-state index contributed by atoms with van der Waals surface area (Å²) in [5, 5.41) is 9.26. The van der Waals surface area contributed by atoms with Crippen LogP contribution in [0.15, 0.2) is 36.4 Å². The number of carbonyl (C=O) groups is 2. The number of hydrogen-bond acceptors (Lipinski definition) is 3. The Labute approximate surface area is 123 Å². The van der Waals surface area contributed by atoms with Gasteiger partial charge in [-0.2, -0.15) is 0 Å². The second-order valence-corrected chi connectivity index (χ2v) is 5.09. The minimum absolute atomic E-state index is 0.170. The SMILES string of the molecule is COc1ccc(N(C)C(=O)[C@@H]2CC=CC[C@@H]2C(=O)O)cc1. The molecule has 5 heteroatoms. The van der Waals surface area contributed by atoms with Crippen molar-refractivity contribution < 1.29 is 19.4 Å². The Balaban J connectivity index is 2.17. The summed E-state index contributed by atoms with van der Waals surface area (Å²) in [5.74, 6) is -1.54. The van der Waals surface area contributed by atoms with Gasteiger partial charge in [0.25, 0.3) is 0 Å². The summed E-state index contributed by atoms with van der Waals surface area (Å²) in [5.41, 5.74) is 0.722. The van der Waals surface area contributed by atoms with Gasteiger partial charge in [0.2, 0.25) is 5.91 Å². The van der Waals surface area contributed by atoms with Gasteiger partial charge in [0.05, 0.1) is 18.9 Å². The van der Waals surface area contributed by atoms with Crippen molar-refractivity contribution in [2.45, 2.75) is 12.8 Å². The fourth-order valence-electron chi connectivity index (χ4n) is 2.54. The molecule has 0 spiro atoms. The number of anilines is 1. The Hall–Kier alpha value is -2.30. The number of nitrogens with zero attached hydrogens (tertiary/aromatic N) is 1. The molecule has 1 aromatic carbocycles. The van der Waals surface area contributed by atoms with E-state index >= 15 is 0 Å². The molecule has 1 amide bonds. The van der Waals surface area contributed by atoms with E-state index in [1.807, 2.05) is 12.2 Å². The Morgan fingerprint density at radius 2 is 1.71 bits per heavy atom. The fraction of sp³-hybridized carbons (Fsp3) is 0.375. The smallest absolute Gasteiger partial charge is 0.307 e. The Bertz CT molecular complexity index is 550. The molecule has 1 aliphatic carbocycles. The third kappa shape index (κ3) is 3.24. The van der Waals surface area contributed by atoms with E-state index in [9.17, 15) is 14.7 Å². The highest BCUT2D eigenvalue weighted by molar-refractivity contribution is 5.97. The van der Waals surface area contributed by atoms with Crippen LogP contribution < -0.4 is 9.64 Å². The number of ether oxygens (including phenoxy) is 1. The van der Waals surface area contributed by atoms with Crippen LogP contribution in [0.5, 0.6) is 5.75 Å². The van der Waals surface area contributed by atoms with Crippen LogP contribution in [0.2, 0.25) is 0 Å². The molecule has 2 rings (SSSR count). The van der Waals surface area contributed by atoms with Crippen LogP contribution in [-0.4, -0.2) is 31.1 Å². The van der Waals surface area contributed by atoms with E-state index in [1.165, 1.54) is 4.90 Å². The minimum atomic E-state index is -0.916. The molecule has 112 valence electrons. The Kier molecular flexibility index (Phi) is 4.62. The maximum absolute atomic E-state index is 12.6. The highest BCUT2D eigenvalue weighted by Crippen LogP contribution is 2.29. The summed E-state index contributed by atoms with van der Waals surface area (Å²) in [6.45, 7) is 0. The number of aliphatic carboxylic acids is 1. The molecule has 0 bridgehead atoms. The van der Waals surface area contributed by atoms with Gasteiger partial charge in [0.1, 0.15) is 5.75 Å². The lowest BCUT2D eigenvalue weighted by molar-refractivity contribution is -0.146. The van der Waals surface area contributed by atoms with E-state index < -0.39 is 17.8 Å². The first-order valence-corrected chi connectivity index (χ1v) is 6.84. The van der Waals surface area contributed by atoms with Gasteiger partial charge < -0.3 is 14.7 Å². The largest absolute Gasteiger partial charge is 0.497 e. The number of hydrogen-bond donors (Lipinski definition) is 1. The van der Waals surface area contributed by atoms with Crippen molar-refractivity contribution in [2.75, 3.05) is 19.1 Å². The molecule has 0 heterocycles. The number of benzene rings is 1. The van der Waals surface area contributed by atoms with Crippen LogP contribution in [-0.2, 0) is 9.59 Å². The number of carbonyl (C=O) groups excluding carboxylic acids is 1. The van der Waals surface area contributed by atoms with Gasteiger partial charge in [-0.25, -0.2) is 0 Å².